The largest absolute Gasteiger partial charge is 0.495 e. The van der Waals surface area contributed by atoms with E-state index in [0.29, 0.717) is 18.1 Å². The molecule has 3 aromatic rings. The molecule has 0 fully saturated rings. The van der Waals surface area contributed by atoms with Crippen LogP contribution in [0.2, 0.25) is 0 Å². The molecule has 0 atom stereocenters. The van der Waals surface area contributed by atoms with E-state index in [4.69, 9.17) is 4.74 Å². The molecule has 0 radical (unpaired) electrons. The number of ether oxygens (including phenoxy) is 1. The Morgan fingerprint density at radius 3 is 2.63 bits per heavy atom. The van der Waals surface area contributed by atoms with Crippen LogP contribution in [-0.4, -0.2) is 25.5 Å². The van der Waals surface area contributed by atoms with E-state index < -0.39 is 10.0 Å². The molecule has 0 aliphatic heterocycles. The fraction of sp³-hybridized carbons (Fsp3) is 0.158. The van der Waals surface area contributed by atoms with E-state index in [1.54, 1.807) is 42.7 Å². The van der Waals surface area contributed by atoms with Gasteiger partial charge < -0.3 is 10.1 Å². The van der Waals surface area contributed by atoms with Gasteiger partial charge in [-0.15, -0.1) is 0 Å². The van der Waals surface area contributed by atoms with Crippen LogP contribution in [0.25, 0.3) is 0 Å². The van der Waals surface area contributed by atoms with Crippen molar-refractivity contribution in [1.82, 2.24) is 9.97 Å². The summed E-state index contributed by atoms with van der Waals surface area (Å²) in [5.41, 5.74) is 2.21. The summed E-state index contributed by atoms with van der Waals surface area (Å²) < 4.78 is 33.1. The van der Waals surface area contributed by atoms with Crippen LogP contribution in [0.3, 0.4) is 0 Å². The van der Waals surface area contributed by atoms with Crippen LogP contribution in [0.4, 0.5) is 11.5 Å². The standard InChI is InChI=1S/C19H20N4O3S/c1-14-5-7-17(26-2)18(10-14)27(24,25)23-16-6-8-19(22-13-16)21-12-15-4-3-9-20-11-15/h3-11,13,23H,12H2,1-2H3,(H,21,22). The summed E-state index contributed by atoms with van der Waals surface area (Å²) in [6, 6.07) is 12.2. The van der Waals surface area contributed by atoms with E-state index in [0.717, 1.165) is 11.1 Å². The van der Waals surface area contributed by atoms with Gasteiger partial charge in [0.1, 0.15) is 16.5 Å². The van der Waals surface area contributed by atoms with Crippen LogP contribution in [0, 0.1) is 6.92 Å². The first-order valence-electron chi connectivity index (χ1n) is 8.24. The minimum absolute atomic E-state index is 0.0868. The molecular weight excluding hydrogens is 364 g/mol. The van der Waals surface area contributed by atoms with Crippen molar-refractivity contribution in [3.8, 4) is 5.75 Å². The van der Waals surface area contributed by atoms with Gasteiger partial charge in [0.05, 0.1) is 19.0 Å². The maximum absolute atomic E-state index is 12.7. The molecule has 0 saturated carbocycles. The third kappa shape index (κ3) is 4.73. The maximum atomic E-state index is 12.7. The lowest BCUT2D eigenvalue weighted by atomic mass is 10.2. The molecule has 2 aromatic heterocycles. The topological polar surface area (TPSA) is 93.2 Å². The van der Waals surface area contributed by atoms with Crippen molar-refractivity contribution >= 4 is 21.5 Å². The van der Waals surface area contributed by atoms with Gasteiger partial charge in [-0.3, -0.25) is 9.71 Å². The summed E-state index contributed by atoms with van der Waals surface area (Å²) in [5, 5.41) is 3.16. The number of hydrogen-bond acceptors (Lipinski definition) is 6. The highest BCUT2D eigenvalue weighted by atomic mass is 32.2. The van der Waals surface area contributed by atoms with Crippen LogP contribution < -0.4 is 14.8 Å². The second-order valence-electron chi connectivity index (χ2n) is 5.91. The predicted octanol–water partition coefficient (Wildman–Crippen LogP) is 3.21. The fourth-order valence-corrected chi connectivity index (χ4v) is 3.76. The van der Waals surface area contributed by atoms with Crippen molar-refractivity contribution in [1.29, 1.82) is 0 Å². The second-order valence-corrected chi connectivity index (χ2v) is 7.56. The van der Waals surface area contributed by atoms with Crippen molar-refractivity contribution < 1.29 is 13.2 Å². The zero-order chi connectivity index (χ0) is 19.3. The number of hydrogen-bond donors (Lipinski definition) is 2. The maximum Gasteiger partial charge on any atom is 0.265 e. The Kier molecular flexibility index (Phi) is 5.56. The summed E-state index contributed by atoms with van der Waals surface area (Å²) in [5.74, 6) is 0.922. The predicted molar refractivity (Wildman–Crippen MR) is 104 cm³/mol. The zero-order valence-corrected chi connectivity index (χ0v) is 15.8. The SMILES string of the molecule is COc1ccc(C)cc1S(=O)(=O)Nc1ccc(NCc2cccnc2)nc1. The summed E-state index contributed by atoms with van der Waals surface area (Å²) >= 11 is 0. The van der Waals surface area contributed by atoms with E-state index in [9.17, 15) is 8.42 Å². The molecule has 2 N–H and O–H groups in total. The molecule has 0 spiro atoms. The summed E-state index contributed by atoms with van der Waals surface area (Å²) in [6.07, 6.45) is 4.95. The van der Waals surface area contributed by atoms with Gasteiger partial charge in [-0.2, -0.15) is 0 Å². The first kappa shape index (κ1) is 18.7. The molecule has 0 bridgehead atoms. The highest BCUT2D eigenvalue weighted by Crippen LogP contribution is 2.26. The molecule has 140 valence electrons. The van der Waals surface area contributed by atoms with Crippen LogP contribution in [-0.2, 0) is 16.6 Å². The molecule has 7 nitrogen and oxygen atoms in total. The second kappa shape index (κ2) is 8.05. The number of rotatable bonds is 7. The quantitative estimate of drug-likeness (QED) is 0.650. The lowest BCUT2D eigenvalue weighted by molar-refractivity contribution is 0.402. The Bertz CT molecular complexity index is 1010. The van der Waals surface area contributed by atoms with E-state index in [1.807, 2.05) is 19.1 Å². The van der Waals surface area contributed by atoms with Crippen molar-refractivity contribution in [3.63, 3.8) is 0 Å². The third-order valence-corrected chi connectivity index (χ3v) is 5.22. The summed E-state index contributed by atoms with van der Waals surface area (Å²) in [4.78, 5) is 8.38. The Morgan fingerprint density at radius 2 is 1.96 bits per heavy atom. The number of benzene rings is 1. The van der Waals surface area contributed by atoms with Gasteiger partial charge in [-0.05, 0) is 48.4 Å². The highest BCUT2D eigenvalue weighted by molar-refractivity contribution is 7.92. The molecule has 27 heavy (non-hydrogen) atoms. The van der Waals surface area contributed by atoms with Gasteiger partial charge in [-0.1, -0.05) is 12.1 Å². The van der Waals surface area contributed by atoms with Gasteiger partial charge >= 0.3 is 0 Å². The molecular formula is C19H20N4O3S. The van der Waals surface area contributed by atoms with Gasteiger partial charge in [-0.25, -0.2) is 13.4 Å². The molecule has 0 unspecified atom stereocenters. The highest BCUT2D eigenvalue weighted by Gasteiger charge is 2.20. The number of methoxy groups -OCH3 is 1. The zero-order valence-electron chi connectivity index (χ0n) is 15.0. The average molecular weight is 384 g/mol. The molecule has 8 heteroatoms. The molecule has 0 amide bonds. The fourth-order valence-electron chi connectivity index (χ4n) is 2.46. The summed E-state index contributed by atoms with van der Waals surface area (Å²) in [6.45, 7) is 2.40. The number of pyridine rings is 2. The number of aryl methyl sites for hydroxylation is 1. The van der Waals surface area contributed by atoms with Crippen molar-refractivity contribution in [2.45, 2.75) is 18.4 Å². The monoisotopic (exact) mass is 384 g/mol. The van der Waals surface area contributed by atoms with Crippen LogP contribution in [0.15, 0.2) is 66.0 Å². The summed E-state index contributed by atoms with van der Waals surface area (Å²) in [7, 11) is -2.35. The Hall–Kier alpha value is -3.13. The number of nitrogens with one attached hydrogen (secondary N) is 2. The Balaban J connectivity index is 1.71. The number of aromatic nitrogens is 2. The average Bonchev–Trinajstić information content (AvgIpc) is 2.68. The minimum atomic E-state index is -3.79. The lowest BCUT2D eigenvalue weighted by Gasteiger charge is -2.12. The lowest BCUT2D eigenvalue weighted by Crippen LogP contribution is -2.14. The van der Waals surface area contributed by atoms with Crippen molar-refractivity contribution in [3.05, 3.63) is 72.2 Å². The smallest absolute Gasteiger partial charge is 0.265 e. The first-order chi connectivity index (χ1) is 13.0. The molecule has 0 saturated heterocycles. The Labute approximate surface area is 158 Å². The number of anilines is 2. The van der Waals surface area contributed by atoms with Crippen molar-refractivity contribution in [2.75, 3.05) is 17.1 Å². The van der Waals surface area contributed by atoms with E-state index in [1.165, 1.54) is 13.3 Å². The first-order valence-corrected chi connectivity index (χ1v) is 9.72. The van der Waals surface area contributed by atoms with Crippen molar-refractivity contribution in [2.24, 2.45) is 0 Å². The molecule has 1 aromatic carbocycles. The van der Waals surface area contributed by atoms with Gasteiger partial charge in [0.25, 0.3) is 10.0 Å². The van der Waals surface area contributed by atoms with Gasteiger partial charge in [0, 0.05) is 18.9 Å². The van der Waals surface area contributed by atoms with Crippen LogP contribution >= 0.6 is 0 Å². The number of sulfonamides is 1. The van der Waals surface area contributed by atoms with Crippen LogP contribution in [0.5, 0.6) is 5.75 Å². The van der Waals surface area contributed by atoms with Crippen LogP contribution in [0.1, 0.15) is 11.1 Å². The molecule has 0 aliphatic carbocycles. The molecule has 0 aliphatic rings. The normalized spacial score (nSPS) is 11.0. The van der Waals surface area contributed by atoms with E-state index in [2.05, 4.69) is 20.0 Å². The Morgan fingerprint density at radius 1 is 1.11 bits per heavy atom. The molecule has 2 heterocycles. The molecule has 3 rings (SSSR count). The number of nitrogens with zero attached hydrogens (tertiary/aromatic N) is 2. The minimum Gasteiger partial charge on any atom is -0.495 e. The van der Waals surface area contributed by atoms with Gasteiger partial charge in [0.15, 0.2) is 0 Å². The van der Waals surface area contributed by atoms with E-state index in [-0.39, 0.29) is 10.6 Å². The van der Waals surface area contributed by atoms with Gasteiger partial charge in [0.2, 0.25) is 0 Å². The van der Waals surface area contributed by atoms with E-state index >= 15 is 0 Å². The third-order valence-electron chi connectivity index (χ3n) is 3.82.